The SMILES string of the molecule is CC=C=C(C)NC(=O)SC. The van der Waals surface area contributed by atoms with Crippen molar-refractivity contribution >= 4 is 17.0 Å². The van der Waals surface area contributed by atoms with Crippen molar-refractivity contribution in [1.29, 1.82) is 0 Å². The van der Waals surface area contributed by atoms with Gasteiger partial charge in [0.2, 0.25) is 0 Å². The van der Waals surface area contributed by atoms with Crippen LogP contribution in [0.2, 0.25) is 0 Å². The molecule has 0 aliphatic carbocycles. The minimum atomic E-state index is -0.0492. The summed E-state index contributed by atoms with van der Waals surface area (Å²) in [6.45, 7) is 3.66. The van der Waals surface area contributed by atoms with Crippen molar-refractivity contribution in [3.8, 4) is 0 Å². The molecule has 0 saturated carbocycles. The van der Waals surface area contributed by atoms with Gasteiger partial charge in [0.25, 0.3) is 5.24 Å². The fraction of sp³-hybridized carbons (Fsp3) is 0.429. The standard InChI is InChI=1S/C7H11NOS/c1-4-5-6(2)8-7(9)10-3/h4H,1-3H3,(H,8,9). The van der Waals surface area contributed by atoms with Gasteiger partial charge in [-0.15, -0.1) is 5.73 Å². The number of thioether (sulfide) groups is 1. The molecule has 0 bridgehead atoms. The number of amides is 1. The number of carbonyl (C=O) groups is 1. The van der Waals surface area contributed by atoms with E-state index in [-0.39, 0.29) is 5.24 Å². The highest BCUT2D eigenvalue weighted by molar-refractivity contribution is 8.12. The molecule has 0 aromatic rings. The van der Waals surface area contributed by atoms with Crippen LogP contribution in [0.3, 0.4) is 0 Å². The van der Waals surface area contributed by atoms with Gasteiger partial charge in [0.15, 0.2) is 0 Å². The molecular weight excluding hydrogens is 146 g/mol. The number of hydrogen-bond acceptors (Lipinski definition) is 2. The molecule has 0 radical (unpaired) electrons. The Hall–Kier alpha value is -0.660. The van der Waals surface area contributed by atoms with Crippen LogP contribution >= 0.6 is 11.8 Å². The second kappa shape index (κ2) is 5.15. The summed E-state index contributed by atoms with van der Waals surface area (Å²) in [4.78, 5) is 10.7. The largest absolute Gasteiger partial charge is 0.314 e. The average molecular weight is 157 g/mol. The number of carbonyl (C=O) groups excluding carboxylic acids is 1. The van der Waals surface area contributed by atoms with E-state index in [9.17, 15) is 4.79 Å². The first-order valence-corrected chi connectivity index (χ1v) is 4.16. The third-order valence-corrected chi connectivity index (χ3v) is 1.31. The second-order valence-electron chi connectivity index (χ2n) is 1.67. The predicted molar refractivity (Wildman–Crippen MR) is 45.0 cm³/mol. The maximum absolute atomic E-state index is 10.7. The van der Waals surface area contributed by atoms with E-state index in [1.807, 2.05) is 6.92 Å². The fourth-order valence-electron chi connectivity index (χ4n) is 0.457. The number of rotatable bonds is 1. The Morgan fingerprint density at radius 2 is 2.30 bits per heavy atom. The molecule has 0 unspecified atom stereocenters. The van der Waals surface area contributed by atoms with Gasteiger partial charge in [-0.1, -0.05) is 11.8 Å². The molecule has 0 atom stereocenters. The van der Waals surface area contributed by atoms with E-state index in [1.54, 1.807) is 19.3 Å². The first kappa shape index (κ1) is 9.34. The molecular formula is C7H11NOS. The smallest absolute Gasteiger partial charge is 0.283 e. The van der Waals surface area contributed by atoms with E-state index in [2.05, 4.69) is 11.0 Å². The van der Waals surface area contributed by atoms with Gasteiger partial charge in [0.05, 0.1) is 5.70 Å². The second-order valence-corrected chi connectivity index (χ2v) is 2.45. The van der Waals surface area contributed by atoms with E-state index in [0.29, 0.717) is 0 Å². The topological polar surface area (TPSA) is 29.1 Å². The van der Waals surface area contributed by atoms with Crippen LogP contribution in [-0.4, -0.2) is 11.5 Å². The minimum Gasteiger partial charge on any atom is -0.314 e. The molecule has 0 spiro atoms. The summed E-state index contributed by atoms with van der Waals surface area (Å²) in [7, 11) is 0. The number of nitrogens with one attached hydrogen (secondary N) is 1. The molecule has 3 heteroatoms. The van der Waals surface area contributed by atoms with Crippen molar-refractivity contribution in [2.75, 3.05) is 6.26 Å². The van der Waals surface area contributed by atoms with Crippen molar-refractivity contribution in [3.63, 3.8) is 0 Å². The number of allylic oxidation sites excluding steroid dienone is 1. The third-order valence-electron chi connectivity index (χ3n) is 0.836. The minimum absolute atomic E-state index is 0.0492. The molecule has 0 aliphatic heterocycles. The molecule has 0 heterocycles. The van der Waals surface area contributed by atoms with Gasteiger partial charge in [0.1, 0.15) is 0 Å². The molecule has 2 nitrogen and oxygen atoms in total. The van der Waals surface area contributed by atoms with Crippen molar-refractivity contribution in [1.82, 2.24) is 5.32 Å². The summed E-state index contributed by atoms with van der Waals surface area (Å²) in [5.41, 5.74) is 3.61. The van der Waals surface area contributed by atoms with Crippen LogP contribution in [0.15, 0.2) is 17.5 Å². The van der Waals surface area contributed by atoms with Gasteiger partial charge in [-0.3, -0.25) is 4.79 Å². The average Bonchev–Trinajstić information content (AvgIpc) is 1.88. The lowest BCUT2D eigenvalue weighted by molar-refractivity contribution is 0.263. The van der Waals surface area contributed by atoms with Crippen molar-refractivity contribution in [2.24, 2.45) is 0 Å². The Balaban J connectivity index is 3.91. The van der Waals surface area contributed by atoms with Gasteiger partial charge < -0.3 is 5.32 Å². The zero-order valence-electron chi connectivity index (χ0n) is 6.39. The molecule has 0 aromatic heterocycles. The Morgan fingerprint density at radius 1 is 1.70 bits per heavy atom. The van der Waals surface area contributed by atoms with Gasteiger partial charge in [0, 0.05) is 0 Å². The monoisotopic (exact) mass is 157 g/mol. The van der Waals surface area contributed by atoms with E-state index in [4.69, 9.17) is 0 Å². The Morgan fingerprint density at radius 3 is 2.70 bits per heavy atom. The lowest BCUT2D eigenvalue weighted by Crippen LogP contribution is -2.14. The summed E-state index contributed by atoms with van der Waals surface area (Å²) < 4.78 is 0. The zero-order chi connectivity index (χ0) is 7.98. The summed E-state index contributed by atoms with van der Waals surface area (Å²) in [6.07, 6.45) is 3.49. The molecule has 10 heavy (non-hydrogen) atoms. The van der Waals surface area contributed by atoms with E-state index in [0.717, 1.165) is 17.5 Å². The Labute approximate surface area is 65.4 Å². The lowest BCUT2D eigenvalue weighted by atomic mass is 10.5. The molecule has 56 valence electrons. The fourth-order valence-corrected chi connectivity index (χ4v) is 0.712. The van der Waals surface area contributed by atoms with Gasteiger partial charge >= 0.3 is 0 Å². The van der Waals surface area contributed by atoms with Crippen molar-refractivity contribution < 1.29 is 4.79 Å². The summed E-state index contributed by atoms with van der Waals surface area (Å²) in [5.74, 6) is 0. The summed E-state index contributed by atoms with van der Waals surface area (Å²) in [5, 5.41) is 2.58. The molecule has 1 amide bonds. The Kier molecular flexibility index (Phi) is 4.81. The van der Waals surface area contributed by atoms with Crippen LogP contribution in [0.5, 0.6) is 0 Å². The normalized spacial score (nSPS) is 7.90. The first-order chi connectivity index (χ1) is 4.70. The van der Waals surface area contributed by atoms with Gasteiger partial charge in [-0.2, -0.15) is 0 Å². The molecule has 0 fully saturated rings. The van der Waals surface area contributed by atoms with Crippen LogP contribution in [0, 0.1) is 0 Å². The van der Waals surface area contributed by atoms with E-state index in [1.165, 1.54) is 0 Å². The molecule has 0 rings (SSSR count). The van der Waals surface area contributed by atoms with E-state index >= 15 is 0 Å². The Bertz CT molecular complexity index is 180. The predicted octanol–water partition coefficient (Wildman–Crippen LogP) is 2.14. The quantitative estimate of drug-likeness (QED) is 0.591. The summed E-state index contributed by atoms with van der Waals surface area (Å²) >= 11 is 1.15. The van der Waals surface area contributed by atoms with Crippen LogP contribution < -0.4 is 5.32 Å². The first-order valence-electron chi connectivity index (χ1n) is 2.93. The highest BCUT2D eigenvalue weighted by Crippen LogP contribution is 1.95. The van der Waals surface area contributed by atoms with Gasteiger partial charge in [-0.05, 0) is 26.2 Å². The van der Waals surface area contributed by atoms with Crippen LogP contribution in [0.1, 0.15) is 13.8 Å². The molecule has 0 aromatic carbocycles. The van der Waals surface area contributed by atoms with Gasteiger partial charge in [-0.25, -0.2) is 0 Å². The molecule has 0 aliphatic rings. The number of hydrogen-bond donors (Lipinski definition) is 1. The van der Waals surface area contributed by atoms with Crippen molar-refractivity contribution in [3.05, 3.63) is 17.5 Å². The lowest BCUT2D eigenvalue weighted by Gasteiger charge is -1.97. The molecule has 1 N–H and O–H groups in total. The molecule has 0 saturated heterocycles. The van der Waals surface area contributed by atoms with Crippen molar-refractivity contribution in [2.45, 2.75) is 13.8 Å². The maximum Gasteiger partial charge on any atom is 0.283 e. The zero-order valence-corrected chi connectivity index (χ0v) is 7.21. The highest BCUT2D eigenvalue weighted by atomic mass is 32.2. The van der Waals surface area contributed by atoms with Crippen LogP contribution in [0.25, 0.3) is 0 Å². The highest BCUT2D eigenvalue weighted by Gasteiger charge is 1.94. The van der Waals surface area contributed by atoms with E-state index < -0.39 is 0 Å². The third kappa shape index (κ3) is 4.24. The summed E-state index contributed by atoms with van der Waals surface area (Å²) in [6, 6.07) is 0. The van der Waals surface area contributed by atoms with Crippen LogP contribution in [-0.2, 0) is 0 Å². The maximum atomic E-state index is 10.7. The van der Waals surface area contributed by atoms with Crippen LogP contribution in [0.4, 0.5) is 4.79 Å².